The Balaban J connectivity index is 1.29. The van der Waals surface area contributed by atoms with E-state index >= 15 is 0 Å². The molecule has 4 aliphatic rings. The summed E-state index contributed by atoms with van der Waals surface area (Å²) in [5.41, 5.74) is 7.01. The average molecular weight is 540 g/mol. The van der Waals surface area contributed by atoms with Gasteiger partial charge >= 0.3 is 5.97 Å². The molecular weight excluding hydrogens is 490 g/mol. The number of carboxylic acids is 1. The van der Waals surface area contributed by atoms with Crippen LogP contribution in [0, 0.1) is 46.3 Å². The number of hydrogen-bond donors (Lipinski definition) is 4. The number of hydrogen-bond acceptors (Lipinski definition) is 5. The normalized spacial score (nSPS) is 41.1. The van der Waals surface area contributed by atoms with E-state index in [-0.39, 0.29) is 47.1 Å². The summed E-state index contributed by atoms with van der Waals surface area (Å²) in [6, 6.07) is 6.17. The Labute approximate surface area is 233 Å². The van der Waals surface area contributed by atoms with E-state index in [1.807, 2.05) is 12.1 Å². The summed E-state index contributed by atoms with van der Waals surface area (Å²) in [5.74, 6) is 1.09. The van der Waals surface area contributed by atoms with Crippen LogP contribution in [0.5, 0.6) is 0 Å². The highest BCUT2D eigenvalue weighted by Crippen LogP contribution is 2.68. The summed E-state index contributed by atoms with van der Waals surface area (Å²) < 4.78 is 0. The minimum absolute atomic E-state index is 0.0259. The number of carbonyl (C=O) groups is 2. The van der Waals surface area contributed by atoms with E-state index in [1.54, 1.807) is 12.1 Å². The molecule has 4 fully saturated rings. The summed E-state index contributed by atoms with van der Waals surface area (Å²) in [6.45, 7) is 6.96. The number of aliphatic hydroxyl groups excluding tert-OH is 2. The molecule has 0 aliphatic heterocycles. The molecule has 0 spiro atoms. The Hall–Kier alpha value is -1.76. The molecule has 1 aromatic carbocycles. The fraction of sp³-hybridized carbons (Fsp3) is 0.758. The van der Waals surface area contributed by atoms with Crippen LogP contribution in [0.3, 0.4) is 0 Å². The van der Waals surface area contributed by atoms with E-state index in [9.17, 15) is 24.9 Å². The second-order valence-electron chi connectivity index (χ2n) is 14.1. The van der Waals surface area contributed by atoms with Crippen molar-refractivity contribution in [2.75, 3.05) is 0 Å². The lowest BCUT2D eigenvalue weighted by Crippen LogP contribution is -2.61. The van der Waals surface area contributed by atoms with Gasteiger partial charge in [-0.1, -0.05) is 57.9 Å². The molecule has 216 valence electrons. The molecule has 11 atom stereocenters. The number of rotatable bonds is 8. The maximum absolute atomic E-state index is 13.3. The first kappa shape index (κ1) is 28.8. The first-order valence-corrected chi connectivity index (χ1v) is 15.4. The van der Waals surface area contributed by atoms with Crippen molar-refractivity contribution in [3.05, 3.63) is 35.4 Å². The van der Waals surface area contributed by atoms with Crippen LogP contribution in [0.25, 0.3) is 0 Å². The maximum atomic E-state index is 13.3. The van der Waals surface area contributed by atoms with Crippen molar-refractivity contribution < 1.29 is 24.9 Å². The third-order valence-corrected chi connectivity index (χ3v) is 12.4. The molecule has 5 N–H and O–H groups in total. The van der Waals surface area contributed by atoms with Crippen molar-refractivity contribution in [2.24, 2.45) is 52.1 Å². The zero-order chi connectivity index (χ0) is 28.1. The highest BCUT2D eigenvalue weighted by atomic mass is 16.4. The molecule has 4 aliphatic carbocycles. The van der Waals surface area contributed by atoms with Crippen LogP contribution in [0.2, 0.25) is 0 Å². The van der Waals surface area contributed by atoms with E-state index in [1.165, 1.54) is 25.7 Å². The minimum atomic E-state index is -1.07. The van der Waals surface area contributed by atoms with Crippen molar-refractivity contribution in [3.63, 3.8) is 0 Å². The van der Waals surface area contributed by atoms with Gasteiger partial charge in [0.2, 0.25) is 0 Å². The van der Waals surface area contributed by atoms with Crippen LogP contribution < -0.4 is 5.73 Å². The zero-order valence-corrected chi connectivity index (χ0v) is 24.0. The van der Waals surface area contributed by atoms with Gasteiger partial charge in [0.1, 0.15) is 6.04 Å². The van der Waals surface area contributed by atoms with Crippen LogP contribution in [0.1, 0.15) is 101 Å². The first-order chi connectivity index (χ1) is 18.5. The van der Waals surface area contributed by atoms with Gasteiger partial charge in [-0.2, -0.15) is 0 Å². The number of Topliss-reactive ketones (excluding diaryl/α,β-unsaturated/α-hetero) is 1. The third kappa shape index (κ3) is 4.89. The van der Waals surface area contributed by atoms with Gasteiger partial charge < -0.3 is 21.1 Å². The highest BCUT2D eigenvalue weighted by Gasteiger charge is 2.65. The summed E-state index contributed by atoms with van der Waals surface area (Å²) in [5, 5.41) is 32.5. The van der Waals surface area contributed by atoms with E-state index < -0.39 is 12.0 Å². The van der Waals surface area contributed by atoms with Crippen LogP contribution in [0.4, 0.5) is 0 Å². The number of ketones is 1. The van der Waals surface area contributed by atoms with Crippen LogP contribution in [0.15, 0.2) is 24.3 Å². The molecule has 0 amide bonds. The van der Waals surface area contributed by atoms with Gasteiger partial charge in [-0.05, 0) is 103 Å². The zero-order valence-electron chi connectivity index (χ0n) is 24.0. The lowest BCUT2D eigenvalue weighted by atomic mass is 9.43. The number of aliphatic hydroxyl groups is 2. The maximum Gasteiger partial charge on any atom is 0.320 e. The van der Waals surface area contributed by atoms with Crippen LogP contribution in [-0.4, -0.2) is 45.3 Å². The molecule has 6 nitrogen and oxygen atoms in total. The highest BCUT2D eigenvalue weighted by molar-refractivity contribution is 5.97. The molecule has 0 radical (unpaired) electrons. The van der Waals surface area contributed by atoms with Crippen molar-refractivity contribution in [1.29, 1.82) is 0 Å². The molecule has 4 saturated carbocycles. The largest absolute Gasteiger partial charge is 0.480 e. The second-order valence-corrected chi connectivity index (χ2v) is 14.1. The quantitative estimate of drug-likeness (QED) is 0.336. The lowest BCUT2D eigenvalue weighted by Gasteiger charge is -2.63. The molecule has 0 aromatic heterocycles. The number of aliphatic carboxylic acids is 1. The Morgan fingerprint density at radius 1 is 1.05 bits per heavy atom. The molecule has 11 unspecified atom stereocenters. The second kappa shape index (κ2) is 10.9. The topological polar surface area (TPSA) is 121 Å². The Kier molecular flexibility index (Phi) is 8.04. The summed E-state index contributed by atoms with van der Waals surface area (Å²) in [6.07, 6.45) is 9.37. The monoisotopic (exact) mass is 539 g/mol. The molecule has 0 heterocycles. The number of nitrogens with two attached hydrogens (primary N) is 1. The van der Waals surface area contributed by atoms with Crippen molar-refractivity contribution in [3.8, 4) is 0 Å². The molecular formula is C33H49NO5. The van der Waals surface area contributed by atoms with Gasteiger partial charge in [-0.15, -0.1) is 0 Å². The summed E-state index contributed by atoms with van der Waals surface area (Å²) >= 11 is 0. The van der Waals surface area contributed by atoms with Gasteiger partial charge in [0, 0.05) is 12.0 Å². The van der Waals surface area contributed by atoms with E-state index in [4.69, 9.17) is 5.73 Å². The molecule has 1 aromatic rings. The fourth-order valence-corrected chi connectivity index (χ4v) is 10.2. The van der Waals surface area contributed by atoms with Gasteiger partial charge in [-0.3, -0.25) is 9.59 Å². The molecule has 39 heavy (non-hydrogen) atoms. The number of carboxylic acid groups (broad SMARTS) is 1. The Morgan fingerprint density at radius 2 is 1.79 bits per heavy atom. The number of fused-ring (bicyclic) bond motifs is 5. The third-order valence-electron chi connectivity index (χ3n) is 12.4. The Morgan fingerprint density at radius 3 is 2.54 bits per heavy atom. The lowest BCUT2D eigenvalue weighted by molar-refractivity contribution is -0.201. The van der Waals surface area contributed by atoms with E-state index in [2.05, 4.69) is 20.8 Å². The standard InChI is InChI=1S/C33H49NO5/c1-19(11-14-27(35)22-10-5-4-8-20(22)16-26(34)31(38)39)23-12-13-24-30-25(18-29(37)33(23,24)3)32(2)15-7-6-9-21(32)17-28(30)36/h4-5,8,10,19,21,23-26,28-30,36-37H,6-7,9,11-18,34H2,1-3H3,(H,38,39). The smallest absolute Gasteiger partial charge is 0.320 e. The average Bonchev–Trinajstić information content (AvgIpc) is 3.26. The molecule has 0 bridgehead atoms. The summed E-state index contributed by atoms with van der Waals surface area (Å²) in [4.78, 5) is 24.6. The van der Waals surface area contributed by atoms with Crippen LogP contribution in [-0.2, 0) is 11.2 Å². The molecule has 6 heteroatoms. The van der Waals surface area contributed by atoms with Crippen LogP contribution >= 0.6 is 0 Å². The summed E-state index contributed by atoms with van der Waals surface area (Å²) in [7, 11) is 0. The van der Waals surface area contributed by atoms with Gasteiger partial charge in [0.15, 0.2) is 5.78 Å². The predicted molar refractivity (Wildman–Crippen MR) is 151 cm³/mol. The van der Waals surface area contributed by atoms with Crippen molar-refractivity contribution in [1.82, 2.24) is 0 Å². The van der Waals surface area contributed by atoms with Crippen molar-refractivity contribution in [2.45, 2.75) is 110 Å². The molecule has 0 saturated heterocycles. The number of benzene rings is 1. The first-order valence-electron chi connectivity index (χ1n) is 15.4. The fourth-order valence-electron chi connectivity index (χ4n) is 10.2. The molecule has 5 rings (SSSR count). The predicted octanol–water partition coefficient (Wildman–Crippen LogP) is 5.23. The van der Waals surface area contributed by atoms with Gasteiger partial charge in [-0.25, -0.2) is 0 Å². The van der Waals surface area contributed by atoms with Gasteiger partial charge in [0.05, 0.1) is 12.2 Å². The van der Waals surface area contributed by atoms with E-state index in [0.29, 0.717) is 41.2 Å². The van der Waals surface area contributed by atoms with Gasteiger partial charge in [0.25, 0.3) is 0 Å². The van der Waals surface area contributed by atoms with E-state index in [0.717, 1.165) is 32.1 Å². The van der Waals surface area contributed by atoms with Crippen molar-refractivity contribution >= 4 is 11.8 Å². The number of carbonyl (C=O) groups excluding carboxylic acids is 1. The minimum Gasteiger partial charge on any atom is -0.480 e. The Bertz CT molecular complexity index is 1070. The SMILES string of the molecule is CC(CCC(=O)c1ccccc1CC(N)C(=O)O)C1CCC2C3C(O)CC4CCCCC4(C)C3CC(O)C12C.